The second kappa shape index (κ2) is 7.16. The van der Waals surface area contributed by atoms with E-state index < -0.39 is 6.04 Å². The topological polar surface area (TPSA) is 103 Å². The number of amides is 1. The van der Waals surface area contributed by atoms with Gasteiger partial charge in [0.15, 0.2) is 5.65 Å². The first kappa shape index (κ1) is 16.0. The molecule has 126 valence electrons. The van der Waals surface area contributed by atoms with E-state index in [9.17, 15) is 4.79 Å². The zero-order valence-corrected chi connectivity index (χ0v) is 13.7. The highest BCUT2D eigenvalue weighted by Gasteiger charge is 2.26. The molecule has 0 spiro atoms. The third-order valence-electron chi connectivity index (χ3n) is 4.13. The molecule has 2 atom stereocenters. The minimum atomic E-state index is -0.417. The van der Waals surface area contributed by atoms with Crippen molar-refractivity contribution in [1.29, 1.82) is 0 Å². The number of tetrazole rings is 1. The predicted molar refractivity (Wildman–Crippen MR) is 86.0 cm³/mol. The van der Waals surface area contributed by atoms with Gasteiger partial charge in [-0.15, -0.1) is 15.3 Å². The molecule has 0 saturated carbocycles. The largest absolute Gasteiger partial charge is 0.354 e. The normalized spacial score (nSPS) is 13.8. The highest BCUT2D eigenvalue weighted by molar-refractivity contribution is 5.80. The number of fused-ring (bicyclic) bond motifs is 1. The average Bonchev–Trinajstić information content (AvgIpc) is 3.25. The molecule has 0 aromatic carbocycles. The van der Waals surface area contributed by atoms with Gasteiger partial charge >= 0.3 is 0 Å². The molecule has 0 unspecified atom stereocenters. The van der Waals surface area contributed by atoms with Crippen molar-refractivity contribution >= 4 is 11.6 Å². The summed E-state index contributed by atoms with van der Waals surface area (Å²) in [6.07, 6.45) is 4.84. The smallest absolute Gasteiger partial charge is 0.245 e. The van der Waals surface area contributed by atoms with Crippen LogP contribution in [0.1, 0.15) is 32.1 Å². The van der Waals surface area contributed by atoms with Crippen molar-refractivity contribution in [2.45, 2.75) is 32.7 Å². The Morgan fingerprint density at radius 1 is 1.33 bits per heavy atom. The summed E-state index contributed by atoms with van der Waals surface area (Å²) in [5.41, 5.74) is 0.796. The maximum absolute atomic E-state index is 12.6. The third kappa shape index (κ3) is 3.24. The lowest BCUT2D eigenvalue weighted by Crippen LogP contribution is -2.37. The van der Waals surface area contributed by atoms with Gasteiger partial charge in [0.1, 0.15) is 18.2 Å². The Labute approximate surface area is 139 Å². The van der Waals surface area contributed by atoms with Crippen LogP contribution in [-0.4, -0.2) is 47.3 Å². The van der Waals surface area contributed by atoms with E-state index in [1.165, 1.54) is 11.0 Å². The van der Waals surface area contributed by atoms with Crippen LogP contribution in [-0.2, 0) is 11.2 Å². The highest BCUT2D eigenvalue weighted by Crippen LogP contribution is 2.19. The molecule has 0 radical (unpaired) electrons. The maximum Gasteiger partial charge on any atom is 0.245 e. The van der Waals surface area contributed by atoms with E-state index >= 15 is 0 Å². The quantitative estimate of drug-likeness (QED) is 0.683. The molecule has 0 fully saturated rings. The predicted octanol–water partition coefficient (Wildman–Crippen LogP) is 0.662. The third-order valence-corrected chi connectivity index (χ3v) is 4.13. The van der Waals surface area contributed by atoms with Crippen LogP contribution in [0.4, 0.5) is 0 Å². The van der Waals surface area contributed by atoms with E-state index in [1.807, 2.05) is 42.6 Å². The molecule has 3 aromatic heterocycles. The number of pyridine rings is 1. The summed E-state index contributed by atoms with van der Waals surface area (Å²) < 4.78 is 3.43. The first-order valence-corrected chi connectivity index (χ1v) is 7.99. The number of hydrogen-bond acceptors (Lipinski definition) is 6. The summed E-state index contributed by atoms with van der Waals surface area (Å²) >= 11 is 0. The van der Waals surface area contributed by atoms with Crippen LogP contribution in [0, 0.1) is 5.92 Å². The molecule has 0 aliphatic heterocycles. The molecule has 1 N–H and O–H groups in total. The monoisotopic (exact) mass is 328 g/mol. The number of aromatic nitrogens is 7. The van der Waals surface area contributed by atoms with Gasteiger partial charge in [-0.05, 0) is 28.5 Å². The molecular weight excluding hydrogens is 308 g/mol. The lowest BCUT2D eigenvalue weighted by molar-refractivity contribution is -0.126. The molecule has 3 rings (SSSR count). The standard InChI is InChI=1S/C15H20N8O/c1-3-11(2)14(23-10-17-20-21-23)15(24)16-8-7-13-19-18-12-6-4-5-9-22(12)13/h4-6,9-11,14H,3,7-8H2,1-2H3,(H,16,24)/t11-,14-/m0/s1. The van der Waals surface area contributed by atoms with Crippen molar-refractivity contribution in [3.05, 3.63) is 36.5 Å². The van der Waals surface area contributed by atoms with Crippen molar-refractivity contribution in [1.82, 2.24) is 40.1 Å². The van der Waals surface area contributed by atoms with Gasteiger partial charge in [0.05, 0.1) is 0 Å². The number of nitrogens with zero attached hydrogens (tertiary/aromatic N) is 7. The average molecular weight is 328 g/mol. The Kier molecular flexibility index (Phi) is 4.78. The molecule has 0 aliphatic rings. The Morgan fingerprint density at radius 2 is 2.21 bits per heavy atom. The summed E-state index contributed by atoms with van der Waals surface area (Å²) in [5, 5.41) is 22.3. The van der Waals surface area contributed by atoms with Crippen LogP contribution in [0.2, 0.25) is 0 Å². The van der Waals surface area contributed by atoms with Gasteiger partial charge in [-0.3, -0.25) is 9.20 Å². The second-order valence-electron chi connectivity index (χ2n) is 5.71. The van der Waals surface area contributed by atoms with E-state index in [1.54, 1.807) is 0 Å². The molecule has 0 aliphatic carbocycles. The highest BCUT2D eigenvalue weighted by atomic mass is 16.2. The summed E-state index contributed by atoms with van der Waals surface area (Å²) in [6.45, 7) is 4.53. The van der Waals surface area contributed by atoms with Gasteiger partial charge < -0.3 is 5.32 Å². The van der Waals surface area contributed by atoms with E-state index in [4.69, 9.17) is 0 Å². The molecule has 0 saturated heterocycles. The second-order valence-corrected chi connectivity index (χ2v) is 5.71. The van der Waals surface area contributed by atoms with E-state index in [0.717, 1.165) is 17.9 Å². The van der Waals surface area contributed by atoms with Gasteiger partial charge in [-0.1, -0.05) is 26.3 Å². The molecule has 9 nitrogen and oxygen atoms in total. The molecule has 3 heterocycles. The Bertz CT molecular complexity index is 797. The van der Waals surface area contributed by atoms with Gasteiger partial charge in [0, 0.05) is 19.2 Å². The molecule has 9 heteroatoms. The zero-order chi connectivity index (χ0) is 16.9. The molecule has 24 heavy (non-hydrogen) atoms. The lowest BCUT2D eigenvalue weighted by Gasteiger charge is -2.21. The number of hydrogen-bond donors (Lipinski definition) is 1. The number of carbonyl (C=O) groups excluding carboxylic acids is 1. The Morgan fingerprint density at radius 3 is 2.96 bits per heavy atom. The number of carbonyl (C=O) groups is 1. The number of rotatable bonds is 7. The van der Waals surface area contributed by atoms with Crippen LogP contribution in [0.15, 0.2) is 30.7 Å². The molecule has 0 bridgehead atoms. The minimum absolute atomic E-state index is 0.0922. The SMILES string of the molecule is CC[C@H](C)[C@@H](C(=O)NCCc1nnc2ccccn12)n1cnnn1. The Hall–Kier alpha value is -2.84. The zero-order valence-electron chi connectivity index (χ0n) is 13.7. The summed E-state index contributed by atoms with van der Waals surface area (Å²) in [4.78, 5) is 12.6. The van der Waals surface area contributed by atoms with Gasteiger partial charge in [-0.2, -0.15) is 0 Å². The summed E-state index contributed by atoms with van der Waals surface area (Å²) in [6, 6.07) is 5.32. The lowest BCUT2D eigenvalue weighted by atomic mass is 9.98. The number of nitrogens with one attached hydrogen (secondary N) is 1. The Balaban J connectivity index is 1.63. The fourth-order valence-electron chi connectivity index (χ4n) is 2.62. The van der Waals surface area contributed by atoms with Crippen LogP contribution in [0.25, 0.3) is 5.65 Å². The molecular formula is C15H20N8O. The van der Waals surface area contributed by atoms with E-state index in [0.29, 0.717) is 13.0 Å². The summed E-state index contributed by atoms with van der Waals surface area (Å²) in [7, 11) is 0. The van der Waals surface area contributed by atoms with Crippen molar-refractivity contribution in [3.63, 3.8) is 0 Å². The van der Waals surface area contributed by atoms with Crippen molar-refractivity contribution in [2.75, 3.05) is 6.54 Å². The molecule has 1 amide bonds. The first-order chi connectivity index (χ1) is 11.7. The van der Waals surface area contributed by atoms with Crippen LogP contribution < -0.4 is 5.32 Å². The molecule has 3 aromatic rings. The van der Waals surface area contributed by atoms with Crippen LogP contribution in [0.3, 0.4) is 0 Å². The van der Waals surface area contributed by atoms with Crippen molar-refractivity contribution in [2.24, 2.45) is 5.92 Å². The van der Waals surface area contributed by atoms with Crippen molar-refractivity contribution < 1.29 is 4.79 Å². The van der Waals surface area contributed by atoms with Crippen LogP contribution in [0.5, 0.6) is 0 Å². The van der Waals surface area contributed by atoms with Gasteiger partial charge in [0.2, 0.25) is 5.91 Å². The fourth-order valence-corrected chi connectivity index (χ4v) is 2.62. The van der Waals surface area contributed by atoms with Gasteiger partial charge in [0.25, 0.3) is 0 Å². The van der Waals surface area contributed by atoms with E-state index in [2.05, 4.69) is 31.0 Å². The summed E-state index contributed by atoms with van der Waals surface area (Å²) in [5.74, 6) is 0.848. The van der Waals surface area contributed by atoms with Crippen LogP contribution >= 0.6 is 0 Å². The maximum atomic E-state index is 12.6. The first-order valence-electron chi connectivity index (χ1n) is 7.99. The van der Waals surface area contributed by atoms with E-state index in [-0.39, 0.29) is 11.8 Å². The van der Waals surface area contributed by atoms with Gasteiger partial charge in [-0.25, -0.2) is 4.68 Å². The van der Waals surface area contributed by atoms with Crippen molar-refractivity contribution in [3.8, 4) is 0 Å². The fraction of sp³-hybridized carbons (Fsp3) is 0.467. The minimum Gasteiger partial charge on any atom is -0.354 e.